The minimum atomic E-state index is 0.293. The number of carbonyl (C=O) groups excluding carboxylic acids is 1. The Balaban J connectivity index is 1.45. The number of likely N-dealkylation sites (tertiary alicyclic amines) is 2. The van der Waals surface area contributed by atoms with Crippen molar-refractivity contribution in [2.45, 2.75) is 65.0 Å². The van der Waals surface area contributed by atoms with Crippen molar-refractivity contribution in [2.24, 2.45) is 0 Å². The van der Waals surface area contributed by atoms with Gasteiger partial charge in [0.25, 0.3) is 0 Å². The van der Waals surface area contributed by atoms with Crippen LogP contribution < -0.4 is 0 Å². The standard InChI is InChI=1S/C17H28N4O/c1-12-6-4-5-9-21(12)15-10-20(11-15)17(22)8-7-16-13(2)18-19-14(16)3/h12,15H,4-11H2,1-3H3,(H,18,19)/t12-/m1/s1. The van der Waals surface area contributed by atoms with E-state index in [0.717, 1.165) is 30.9 Å². The highest BCUT2D eigenvalue weighted by Crippen LogP contribution is 2.25. The summed E-state index contributed by atoms with van der Waals surface area (Å²) in [5, 5.41) is 7.19. The van der Waals surface area contributed by atoms with Gasteiger partial charge in [0.2, 0.25) is 5.91 Å². The summed E-state index contributed by atoms with van der Waals surface area (Å²) in [5.74, 6) is 0.293. The van der Waals surface area contributed by atoms with Crippen LogP contribution in [0, 0.1) is 13.8 Å². The number of rotatable bonds is 4. The third-order valence-corrected chi connectivity index (χ3v) is 5.41. The summed E-state index contributed by atoms with van der Waals surface area (Å²) in [5.41, 5.74) is 3.32. The molecule has 3 heterocycles. The monoisotopic (exact) mass is 304 g/mol. The first-order chi connectivity index (χ1) is 10.6. The molecule has 0 aromatic carbocycles. The van der Waals surface area contributed by atoms with Gasteiger partial charge in [-0.25, -0.2) is 0 Å². The third-order valence-electron chi connectivity index (χ3n) is 5.41. The number of aromatic nitrogens is 2. The van der Waals surface area contributed by atoms with E-state index in [-0.39, 0.29) is 0 Å². The lowest BCUT2D eigenvalue weighted by Crippen LogP contribution is -2.63. The van der Waals surface area contributed by atoms with Crippen molar-refractivity contribution < 1.29 is 4.79 Å². The molecule has 1 amide bonds. The molecular weight excluding hydrogens is 276 g/mol. The Hall–Kier alpha value is -1.36. The van der Waals surface area contributed by atoms with E-state index >= 15 is 0 Å². The topological polar surface area (TPSA) is 52.2 Å². The van der Waals surface area contributed by atoms with Gasteiger partial charge >= 0.3 is 0 Å². The van der Waals surface area contributed by atoms with E-state index in [1.54, 1.807) is 0 Å². The maximum atomic E-state index is 12.3. The van der Waals surface area contributed by atoms with Crippen molar-refractivity contribution in [1.82, 2.24) is 20.0 Å². The number of hydrogen-bond donors (Lipinski definition) is 1. The number of piperidine rings is 1. The zero-order chi connectivity index (χ0) is 15.7. The summed E-state index contributed by atoms with van der Waals surface area (Å²) in [6.07, 6.45) is 5.38. The predicted molar refractivity (Wildman–Crippen MR) is 86.8 cm³/mol. The Morgan fingerprint density at radius 1 is 1.32 bits per heavy atom. The number of aromatic amines is 1. The number of carbonyl (C=O) groups is 1. The fourth-order valence-electron chi connectivity index (χ4n) is 3.86. The van der Waals surface area contributed by atoms with Crippen LogP contribution >= 0.6 is 0 Å². The average molecular weight is 304 g/mol. The minimum absolute atomic E-state index is 0.293. The highest BCUT2D eigenvalue weighted by Gasteiger charge is 2.37. The lowest BCUT2D eigenvalue weighted by molar-refractivity contribution is -0.139. The van der Waals surface area contributed by atoms with Crippen LogP contribution in [0.3, 0.4) is 0 Å². The molecule has 2 saturated heterocycles. The second-order valence-electron chi connectivity index (χ2n) is 6.95. The van der Waals surface area contributed by atoms with Crippen LogP contribution in [0.25, 0.3) is 0 Å². The molecule has 3 rings (SSSR count). The predicted octanol–water partition coefficient (Wildman–Crippen LogP) is 2.04. The molecule has 2 aliphatic rings. The molecule has 5 heteroatoms. The highest BCUT2D eigenvalue weighted by atomic mass is 16.2. The van der Waals surface area contributed by atoms with Crippen molar-refractivity contribution in [3.8, 4) is 0 Å². The molecule has 122 valence electrons. The fraction of sp³-hybridized carbons (Fsp3) is 0.765. The van der Waals surface area contributed by atoms with Gasteiger partial charge in [-0.2, -0.15) is 5.10 Å². The van der Waals surface area contributed by atoms with E-state index in [0.29, 0.717) is 24.4 Å². The van der Waals surface area contributed by atoms with Crippen molar-refractivity contribution >= 4 is 5.91 Å². The first-order valence-electron chi connectivity index (χ1n) is 8.60. The Kier molecular flexibility index (Phi) is 4.52. The van der Waals surface area contributed by atoms with Gasteiger partial charge < -0.3 is 4.90 Å². The Labute approximate surface area is 133 Å². The smallest absolute Gasteiger partial charge is 0.223 e. The summed E-state index contributed by atoms with van der Waals surface area (Å²) in [7, 11) is 0. The molecule has 0 radical (unpaired) electrons. The summed E-state index contributed by atoms with van der Waals surface area (Å²) in [6.45, 7) is 9.41. The Morgan fingerprint density at radius 3 is 2.73 bits per heavy atom. The molecule has 0 unspecified atom stereocenters. The molecule has 1 aromatic rings. The molecule has 0 saturated carbocycles. The molecule has 1 N–H and O–H groups in total. The Bertz CT molecular complexity index is 513. The maximum Gasteiger partial charge on any atom is 0.223 e. The first kappa shape index (κ1) is 15.5. The molecule has 0 aliphatic carbocycles. The molecule has 0 bridgehead atoms. The van der Waals surface area contributed by atoms with E-state index in [9.17, 15) is 4.79 Å². The number of nitrogens with zero attached hydrogens (tertiary/aromatic N) is 3. The van der Waals surface area contributed by atoms with Crippen molar-refractivity contribution in [2.75, 3.05) is 19.6 Å². The zero-order valence-corrected chi connectivity index (χ0v) is 14.1. The van der Waals surface area contributed by atoms with Crippen molar-refractivity contribution in [1.29, 1.82) is 0 Å². The van der Waals surface area contributed by atoms with Gasteiger partial charge in [0.05, 0.1) is 5.69 Å². The number of nitrogens with one attached hydrogen (secondary N) is 1. The van der Waals surface area contributed by atoms with E-state index < -0.39 is 0 Å². The molecule has 1 aromatic heterocycles. The van der Waals surface area contributed by atoms with Gasteiger partial charge in [-0.3, -0.25) is 14.8 Å². The summed E-state index contributed by atoms with van der Waals surface area (Å²) in [6, 6.07) is 1.28. The van der Waals surface area contributed by atoms with Gasteiger partial charge in [0.1, 0.15) is 0 Å². The summed E-state index contributed by atoms with van der Waals surface area (Å²) >= 11 is 0. The molecular formula is C17H28N4O. The number of H-pyrrole nitrogens is 1. The summed E-state index contributed by atoms with van der Waals surface area (Å²) < 4.78 is 0. The molecule has 5 nitrogen and oxygen atoms in total. The second kappa shape index (κ2) is 6.41. The average Bonchev–Trinajstić information content (AvgIpc) is 2.76. The lowest BCUT2D eigenvalue weighted by atomic mass is 9.97. The van der Waals surface area contributed by atoms with Gasteiger partial charge in [0, 0.05) is 37.3 Å². The van der Waals surface area contributed by atoms with Crippen LogP contribution in [0.5, 0.6) is 0 Å². The number of hydrogen-bond acceptors (Lipinski definition) is 3. The van der Waals surface area contributed by atoms with Crippen LogP contribution in [0.2, 0.25) is 0 Å². The summed E-state index contributed by atoms with van der Waals surface area (Å²) in [4.78, 5) is 17.0. The van der Waals surface area contributed by atoms with Crippen LogP contribution in [0.4, 0.5) is 0 Å². The number of aryl methyl sites for hydroxylation is 2. The normalized spacial score (nSPS) is 23.6. The molecule has 1 atom stereocenters. The van der Waals surface area contributed by atoms with Gasteiger partial charge in [-0.15, -0.1) is 0 Å². The second-order valence-corrected chi connectivity index (χ2v) is 6.95. The maximum absolute atomic E-state index is 12.3. The van der Waals surface area contributed by atoms with Gasteiger partial charge in [-0.05, 0) is 52.1 Å². The van der Waals surface area contributed by atoms with E-state index in [1.165, 1.54) is 31.4 Å². The molecule has 2 fully saturated rings. The van der Waals surface area contributed by atoms with Crippen LogP contribution in [-0.4, -0.2) is 57.6 Å². The van der Waals surface area contributed by atoms with Crippen LogP contribution in [-0.2, 0) is 11.2 Å². The lowest BCUT2D eigenvalue weighted by Gasteiger charge is -2.49. The minimum Gasteiger partial charge on any atom is -0.339 e. The third kappa shape index (κ3) is 3.05. The van der Waals surface area contributed by atoms with E-state index in [4.69, 9.17) is 0 Å². The zero-order valence-electron chi connectivity index (χ0n) is 14.1. The van der Waals surface area contributed by atoms with Crippen LogP contribution in [0.1, 0.15) is 49.6 Å². The fourth-order valence-corrected chi connectivity index (χ4v) is 3.86. The first-order valence-corrected chi connectivity index (χ1v) is 8.60. The van der Waals surface area contributed by atoms with E-state index in [2.05, 4.69) is 22.0 Å². The highest BCUT2D eigenvalue weighted by molar-refractivity contribution is 5.77. The quantitative estimate of drug-likeness (QED) is 0.926. The largest absolute Gasteiger partial charge is 0.339 e. The molecule has 0 spiro atoms. The van der Waals surface area contributed by atoms with Gasteiger partial charge in [-0.1, -0.05) is 6.42 Å². The molecule has 2 aliphatic heterocycles. The van der Waals surface area contributed by atoms with Crippen molar-refractivity contribution in [3.63, 3.8) is 0 Å². The van der Waals surface area contributed by atoms with Crippen molar-refractivity contribution in [3.05, 3.63) is 17.0 Å². The van der Waals surface area contributed by atoms with Gasteiger partial charge in [0.15, 0.2) is 0 Å². The number of amides is 1. The molecule has 22 heavy (non-hydrogen) atoms. The SMILES string of the molecule is Cc1n[nH]c(C)c1CCC(=O)N1CC(N2CCCC[C@H]2C)C1. The van der Waals surface area contributed by atoms with E-state index in [1.807, 2.05) is 18.7 Å². The Morgan fingerprint density at radius 2 is 2.09 bits per heavy atom. The van der Waals surface area contributed by atoms with Crippen LogP contribution in [0.15, 0.2) is 0 Å².